The SMILES string of the molecule is COC(=O)C1=C(C)N(Cc2ccccc2)[C@]23O[C@@](C(=O)OC)(C(=O)N2C1c1ccccc1)C1CCCC(=O)C13. The lowest BCUT2D eigenvalue weighted by atomic mass is 9.65. The minimum Gasteiger partial charge on any atom is -0.466 e. The summed E-state index contributed by atoms with van der Waals surface area (Å²) in [4.78, 5) is 58.6. The Balaban J connectivity index is 1.68. The Morgan fingerprint density at radius 1 is 1.00 bits per heavy atom. The zero-order valence-electron chi connectivity index (χ0n) is 22.1. The van der Waals surface area contributed by atoms with Gasteiger partial charge in [-0.3, -0.25) is 14.5 Å². The third kappa shape index (κ3) is 3.22. The molecule has 1 saturated carbocycles. The Kier molecular flexibility index (Phi) is 5.87. The fourth-order valence-corrected chi connectivity index (χ4v) is 7.17. The smallest absolute Gasteiger partial charge is 0.348 e. The summed E-state index contributed by atoms with van der Waals surface area (Å²) in [5.74, 6) is -5.24. The maximum absolute atomic E-state index is 14.6. The molecule has 2 bridgehead atoms. The zero-order valence-corrected chi connectivity index (χ0v) is 22.1. The average molecular weight is 531 g/mol. The number of methoxy groups -OCH3 is 2. The van der Waals surface area contributed by atoms with E-state index in [0.29, 0.717) is 30.5 Å². The molecule has 0 radical (unpaired) electrons. The molecule has 2 saturated heterocycles. The van der Waals surface area contributed by atoms with Crippen LogP contribution >= 0.6 is 0 Å². The van der Waals surface area contributed by atoms with Gasteiger partial charge in [0, 0.05) is 24.6 Å². The number of amides is 1. The van der Waals surface area contributed by atoms with Gasteiger partial charge in [0.25, 0.3) is 11.5 Å². The average Bonchev–Trinajstić information content (AvgIpc) is 3.42. The Bertz CT molecular complexity index is 1390. The lowest BCUT2D eigenvalue weighted by Crippen LogP contribution is -2.71. The number of carbonyl (C=O) groups is 4. The van der Waals surface area contributed by atoms with Crippen molar-refractivity contribution in [2.45, 2.75) is 50.2 Å². The predicted molar refractivity (Wildman–Crippen MR) is 137 cm³/mol. The van der Waals surface area contributed by atoms with Crippen LogP contribution in [0, 0.1) is 11.8 Å². The normalized spacial score (nSPS) is 31.2. The summed E-state index contributed by atoms with van der Waals surface area (Å²) >= 11 is 0. The summed E-state index contributed by atoms with van der Waals surface area (Å²) in [7, 11) is 2.51. The van der Waals surface area contributed by atoms with Gasteiger partial charge < -0.3 is 19.1 Å². The van der Waals surface area contributed by atoms with Gasteiger partial charge in [-0.2, -0.15) is 0 Å². The van der Waals surface area contributed by atoms with Crippen LogP contribution in [-0.2, 0) is 39.9 Å². The third-order valence-electron chi connectivity index (χ3n) is 8.71. The number of fused-ring (bicyclic) bond motifs is 3. The summed E-state index contributed by atoms with van der Waals surface area (Å²) in [6, 6.07) is 17.7. The van der Waals surface area contributed by atoms with Gasteiger partial charge in [0.2, 0.25) is 5.85 Å². The van der Waals surface area contributed by atoms with E-state index in [1.165, 1.54) is 19.1 Å². The van der Waals surface area contributed by atoms with Crippen molar-refractivity contribution < 1.29 is 33.4 Å². The maximum atomic E-state index is 14.6. The van der Waals surface area contributed by atoms with Crippen molar-refractivity contribution in [3.63, 3.8) is 0 Å². The minimum absolute atomic E-state index is 0.0753. The fourth-order valence-electron chi connectivity index (χ4n) is 7.17. The number of Topliss-reactive ketones (excluding diaryl/α,β-unsaturated/α-hetero) is 1. The van der Waals surface area contributed by atoms with E-state index in [-0.39, 0.29) is 17.9 Å². The Labute approximate surface area is 226 Å². The quantitative estimate of drug-likeness (QED) is 0.429. The monoisotopic (exact) mass is 530 g/mol. The van der Waals surface area contributed by atoms with Crippen molar-refractivity contribution in [3.8, 4) is 0 Å². The second kappa shape index (κ2) is 9.05. The molecule has 1 aliphatic carbocycles. The van der Waals surface area contributed by atoms with Gasteiger partial charge >= 0.3 is 11.9 Å². The zero-order chi connectivity index (χ0) is 27.5. The highest BCUT2D eigenvalue weighted by molar-refractivity contribution is 6.12. The van der Waals surface area contributed by atoms with E-state index in [2.05, 4.69) is 0 Å². The van der Waals surface area contributed by atoms with Crippen LogP contribution in [-0.4, -0.2) is 59.1 Å². The molecule has 3 fully saturated rings. The number of benzene rings is 2. The highest BCUT2D eigenvalue weighted by Gasteiger charge is 2.84. The molecule has 9 nitrogen and oxygen atoms in total. The first kappa shape index (κ1) is 25.3. The van der Waals surface area contributed by atoms with Crippen LogP contribution in [0.25, 0.3) is 0 Å². The molecule has 0 N–H and O–H groups in total. The first-order valence-electron chi connectivity index (χ1n) is 13.1. The Hall–Kier alpha value is -3.98. The number of hydrogen-bond donors (Lipinski definition) is 0. The molecule has 0 aromatic heterocycles. The van der Waals surface area contributed by atoms with Crippen LogP contribution in [0.2, 0.25) is 0 Å². The molecule has 3 aliphatic heterocycles. The van der Waals surface area contributed by atoms with Crippen molar-refractivity contribution >= 4 is 23.6 Å². The summed E-state index contributed by atoms with van der Waals surface area (Å²) in [5, 5.41) is 0. The van der Waals surface area contributed by atoms with E-state index in [1.807, 2.05) is 65.6 Å². The molecular formula is C30H30N2O7. The number of ether oxygens (including phenoxy) is 3. The van der Waals surface area contributed by atoms with E-state index >= 15 is 0 Å². The predicted octanol–water partition coefficient (Wildman–Crippen LogP) is 3.11. The van der Waals surface area contributed by atoms with Gasteiger partial charge in [0.15, 0.2) is 0 Å². The Morgan fingerprint density at radius 2 is 1.67 bits per heavy atom. The van der Waals surface area contributed by atoms with Gasteiger partial charge in [-0.25, -0.2) is 9.59 Å². The van der Waals surface area contributed by atoms with Crippen LogP contribution in [0.1, 0.15) is 43.4 Å². The lowest BCUT2D eigenvalue weighted by Gasteiger charge is -2.57. The molecular weight excluding hydrogens is 500 g/mol. The summed E-state index contributed by atoms with van der Waals surface area (Å²) in [6.07, 6.45) is 1.33. The van der Waals surface area contributed by atoms with E-state index in [4.69, 9.17) is 14.2 Å². The number of ketones is 1. The van der Waals surface area contributed by atoms with Crippen LogP contribution in [0.15, 0.2) is 71.9 Å². The minimum atomic E-state index is -2.00. The van der Waals surface area contributed by atoms with Crippen molar-refractivity contribution in [2.75, 3.05) is 14.2 Å². The molecule has 3 heterocycles. The molecule has 1 amide bonds. The van der Waals surface area contributed by atoms with Crippen molar-refractivity contribution in [2.24, 2.45) is 11.8 Å². The highest BCUT2D eigenvalue weighted by atomic mass is 16.6. The number of esters is 2. The van der Waals surface area contributed by atoms with Crippen LogP contribution in [0.4, 0.5) is 0 Å². The Morgan fingerprint density at radius 3 is 2.31 bits per heavy atom. The first-order chi connectivity index (χ1) is 18.8. The van der Waals surface area contributed by atoms with E-state index in [1.54, 1.807) is 6.92 Å². The molecule has 202 valence electrons. The molecule has 2 aromatic rings. The molecule has 3 unspecified atom stereocenters. The summed E-state index contributed by atoms with van der Waals surface area (Å²) in [6.45, 7) is 2.01. The topological polar surface area (TPSA) is 102 Å². The standard InChI is InChI=1S/C30H30N2O7/c1-18-23(26(34)37-2)25(20-13-8-5-9-14-20)32-27(35)29(28(36)38-3)21-15-10-16-22(33)24(21)30(32,39-29)31(18)17-19-11-6-4-7-12-19/h4-9,11-14,21,24-25H,10,15-17H2,1-3H3/t21?,24?,25?,29-,30+/m1/s1. The fraction of sp³-hybridized carbons (Fsp3) is 0.400. The summed E-state index contributed by atoms with van der Waals surface area (Å²) < 4.78 is 17.1. The number of piperidine rings is 1. The van der Waals surface area contributed by atoms with Crippen LogP contribution in [0.5, 0.6) is 0 Å². The number of rotatable bonds is 5. The maximum Gasteiger partial charge on any atom is 0.348 e. The van der Waals surface area contributed by atoms with E-state index < -0.39 is 47.2 Å². The number of allylic oxidation sites excluding steroid dienone is 1. The third-order valence-corrected chi connectivity index (χ3v) is 8.71. The molecule has 39 heavy (non-hydrogen) atoms. The molecule has 1 spiro atoms. The first-order valence-corrected chi connectivity index (χ1v) is 13.1. The van der Waals surface area contributed by atoms with Gasteiger partial charge in [-0.1, -0.05) is 60.7 Å². The van der Waals surface area contributed by atoms with Crippen molar-refractivity contribution in [1.29, 1.82) is 0 Å². The molecule has 6 rings (SSSR count). The number of carbonyl (C=O) groups excluding carboxylic acids is 4. The molecule has 5 atom stereocenters. The largest absolute Gasteiger partial charge is 0.466 e. The molecule has 2 aromatic carbocycles. The van der Waals surface area contributed by atoms with Crippen molar-refractivity contribution in [1.82, 2.24) is 9.80 Å². The second-order valence-electron chi connectivity index (χ2n) is 10.5. The number of hydrogen-bond acceptors (Lipinski definition) is 8. The highest BCUT2D eigenvalue weighted by Crippen LogP contribution is 2.66. The van der Waals surface area contributed by atoms with Gasteiger partial charge in [-0.05, 0) is 30.9 Å². The number of nitrogens with zero attached hydrogens (tertiary/aromatic N) is 2. The van der Waals surface area contributed by atoms with E-state index in [9.17, 15) is 19.2 Å². The van der Waals surface area contributed by atoms with Gasteiger partial charge in [0.05, 0.1) is 31.8 Å². The van der Waals surface area contributed by atoms with Crippen LogP contribution < -0.4 is 0 Å². The van der Waals surface area contributed by atoms with Gasteiger partial charge in [0.1, 0.15) is 5.78 Å². The molecule has 9 heteroatoms. The van der Waals surface area contributed by atoms with Gasteiger partial charge in [-0.15, -0.1) is 0 Å². The second-order valence-corrected chi connectivity index (χ2v) is 10.5. The van der Waals surface area contributed by atoms with Crippen molar-refractivity contribution in [3.05, 3.63) is 83.1 Å². The van der Waals surface area contributed by atoms with E-state index in [0.717, 1.165) is 5.56 Å². The molecule has 4 aliphatic rings. The summed E-state index contributed by atoms with van der Waals surface area (Å²) in [5.41, 5.74) is 0.286. The lowest BCUT2D eigenvalue weighted by molar-refractivity contribution is -0.227. The van der Waals surface area contributed by atoms with Crippen LogP contribution in [0.3, 0.4) is 0 Å².